The first kappa shape index (κ1) is 11.0. The van der Waals surface area contributed by atoms with E-state index in [0.29, 0.717) is 11.3 Å². The zero-order chi connectivity index (χ0) is 11.5. The van der Waals surface area contributed by atoms with Crippen molar-refractivity contribution in [3.05, 3.63) is 58.1 Å². The standard InChI is InChI=1S/C12H9BrN2O/c1-8-9(3-2-4-10(8)13)12(16)11-7-14-5-6-15-11/h2-7H,1H3. The summed E-state index contributed by atoms with van der Waals surface area (Å²) in [6.07, 6.45) is 4.54. The lowest BCUT2D eigenvalue weighted by molar-refractivity contribution is 0.103. The zero-order valence-electron chi connectivity index (χ0n) is 8.64. The van der Waals surface area contributed by atoms with Crippen LogP contribution in [0.15, 0.2) is 41.3 Å². The van der Waals surface area contributed by atoms with Crippen LogP contribution in [0.25, 0.3) is 0 Å². The SMILES string of the molecule is Cc1c(Br)cccc1C(=O)c1cnccn1. The number of nitrogens with zero attached hydrogens (tertiary/aromatic N) is 2. The average Bonchev–Trinajstić information content (AvgIpc) is 2.33. The number of carbonyl (C=O) groups is 1. The lowest BCUT2D eigenvalue weighted by atomic mass is 10.0. The molecule has 0 saturated heterocycles. The maximum absolute atomic E-state index is 12.1. The first-order valence-corrected chi connectivity index (χ1v) is 5.55. The predicted octanol–water partition coefficient (Wildman–Crippen LogP) is 2.78. The Morgan fingerprint density at radius 2 is 2.12 bits per heavy atom. The highest BCUT2D eigenvalue weighted by Gasteiger charge is 2.13. The number of ketones is 1. The van der Waals surface area contributed by atoms with Gasteiger partial charge in [-0.25, -0.2) is 4.98 Å². The first-order chi connectivity index (χ1) is 7.70. The highest BCUT2D eigenvalue weighted by molar-refractivity contribution is 9.10. The van der Waals surface area contributed by atoms with Crippen LogP contribution in [-0.4, -0.2) is 15.8 Å². The third-order valence-corrected chi connectivity index (χ3v) is 3.17. The number of benzene rings is 1. The fourth-order valence-corrected chi connectivity index (χ4v) is 1.77. The Labute approximate surface area is 102 Å². The molecule has 0 radical (unpaired) electrons. The Balaban J connectivity index is 2.46. The molecule has 0 fully saturated rings. The minimum atomic E-state index is -0.105. The lowest BCUT2D eigenvalue weighted by Crippen LogP contribution is -2.06. The van der Waals surface area contributed by atoms with Crippen LogP contribution in [0.1, 0.15) is 21.6 Å². The molecule has 0 amide bonds. The molecule has 3 nitrogen and oxygen atoms in total. The third-order valence-electron chi connectivity index (χ3n) is 2.31. The van der Waals surface area contributed by atoms with Crippen LogP contribution >= 0.6 is 15.9 Å². The molecular weight excluding hydrogens is 268 g/mol. The van der Waals surface area contributed by atoms with E-state index in [1.807, 2.05) is 19.1 Å². The van der Waals surface area contributed by atoms with Crippen LogP contribution in [0.3, 0.4) is 0 Å². The average molecular weight is 277 g/mol. The Hall–Kier alpha value is -1.55. The summed E-state index contributed by atoms with van der Waals surface area (Å²) >= 11 is 3.40. The highest BCUT2D eigenvalue weighted by atomic mass is 79.9. The summed E-state index contributed by atoms with van der Waals surface area (Å²) in [5.41, 5.74) is 1.93. The quantitative estimate of drug-likeness (QED) is 0.793. The third kappa shape index (κ3) is 2.02. The Morgan fingerprint density at radius 3 is 2.81 bits per heavy atom. The monoisotopic (exact) mass is 276 g/mol. The van der Waals surface area contributed by atoms with Gasteiger partial charge >= 0.3 is 0 Å². The first-order valence-electron chi connectivity index (χ1n) is 4.76. The Bertz CT molecular complexity index is 526. The van der Waals surface area contributed by atoms with Crippen molar-refractivity contribution in [1.82, 2.24) is 9.97 Å². The van der Waals surface area contributed by atoms with Gasteiger partial charge in [-0.2, -0.15) is 0 Å². The van der Waals surface area contributed by atoms with Crippen LogP contribution in [0.5, 0.6) is 0 Å². The molecular formula is C12H9BrN2O. The second-order valence-electron chi connectivity index (χ2n) is 3.33. The van der Waals surface area contributed by atoms with Crippen molar-refractivity contribution in [3.63, 3.8) is 0 Å². The van der Waals surface area contributed by atoms with Crippen molar-refractivity contribution < 1.29 is 4.79 Å². The predicted molar refractivity (Wildman–Crippen MR) is 64.3 cm³/mol. The molecule has 0 aliphatic rings. The van der Waals surface area contributed by atoms with Gasteiger partial charge in [-0.05, 0) is 18.6 Å². The minimum Gasteiger partial charge on any atom is -0.287 e. The molecule has 0 aliphatic carbocycles. The van der Waals surface area contributed by atoms with E-state index >= 15 is 0 Å². The van der Waals surface area contributed by atoms with Crippen LogP contribution < -0.4 is 0 Å². The summed E-state index contributed by atoms with van der Waals surface area (Å²) in [6, 6.07) is 5.53. The summed E-state index contributed by atoms with van der Waals surface area (Å²) in [6.45, 7) is 1.90. The van der Waals surface area contributed by atoms with Crippen LogP contribution in [-0.2, 0) is 0 Å². The van der Waals surface area contributed by atoms with E-state index in [2.05, 4.69) is 25.9 Å². The lowest BCUT2D eigenvalue weighted by Gasteiger charge is -2.05. The van der Waals surface area contributed by atoms with Crippen LogP contribution in [0.4, 0.5) is 0 Å². The van der Waals surface area contributed by atoms with Gasteiger partial charge < -0.3 is 0 Å². The summed E-state index contributed by atoms with van der Waals surface area (Å²) < 4.78 is 0.919. The van der Waals surface area contributed by atoms with Crippen molar-refractivity contribution >= 4 is 21.7 Å². The van der Waals surface area contributed by atoms with Gasteiger partial charge in [-0.1, -0.05) is 28.1 Å². The fourth-order valence-electron chi connectivity index (χ4n) is 1.41. The minimum absolute atomic E-state index is 0.105. The topological polar surface area (TPSA) is 42.9 Å². The molecule has 1 aromatic heterocycles. The van der Waals surface area contributed by atoms with E-state index in [9.17, 15) is 4.79 Å². The van der Waals surface area contributed by atoms with E-state index in [-0.39, 0.29) is 5.78 Å². The van der Waals surface area contributed by atoms with Gasteiger partial charge in [0, 0.05) is 22.4 Å². The van der Waals surface area contributed by atoms with E-state index in [0.717, 1.165) is 10.0 Å². The largest absolute Gasteiger partial charge is 0.287 e. The summed E-state index contributed by atoms with van der Waals surface area (Å²) in [5, 5.41) is 0. The summed E-state index contributed by atoms with van der Waals surface area (Å²) in [7, 11) is 0. The Kier molecular flexibility index (Phi) is 3.10. The van der Waals surface area contributed by atoms with Crippen LogP contribution in [0.2, 0.25) is 0 Å². The van der Waals surface area contributed by atoms with E-state index in [1.165, 1.54) is 12.4 Å². The molecule has 0 N–H and O–H groups in total. The van der Waals surface area contributed by atoms with Crippen molar-refractivity contribution in [1.29, 1.82) is 0 Å². The second-order valence-corrected chi connectivity index (χ2v) is 4.19. The molecule has 0 unspecified atom stereocenters. The van der Waals surface area contributed by atoms with Gasteiger partial charge in [0.1, 0.15) is 5.69 Å². The maximum Gasteiger partial charge on any atom is 0.213 e. The zero-order valence-corrected chi connectivity index (χ0v) is 10.2. The number of aromatic nitrogens is 2. The fraction of sp³-hybridized carbons (Fsp3) is 0.0833. The van der Waals surface area contributed by atoms with Gasteiger partial charge in [0.05, 0.1) is 6.20 Å². The molecule has 0 spiro atoms. The highest BCUT2D eigenvalue weighted by Crippen LogP contribution is 2.21. The number of rotatable bonds is 2. The molecule has 1 heterocycles. The van der Waals surface area contributed by atoms with Crippen molar-refractivity contribution in [2.75, 3.05) is 0 Å². The molecule has 0 atom stereocenters. The van der Waals surface area contributed by atoms with E-state index < -0.39 is 0 Å². The molecule has 0 saturated carbocycles. The molecule has 1 aromatic carbocycles. The van der Waals surface area contributed by atoms with Gasteiger partial charge in [0.2, 0.25) is 5.78 Å². The van der Waals surface area contributed by atoms with E-state index in [4.69, 9.17) is 0 Å². The number of halogens is 1. The van der Waals surface area contributed by atoms with Crippen molar-refractivity contribution in [2.24, 2.45) is 0 Å². The van der Waals surface area contributed by atoms with E-state index in [1.54, 1.807) is 12.3 Å². The second kappa shape index (κ2) is 4.53. The molecule has 0 aliphatic heterocycles. The maximum atomic E-state index is 12.1. The van der Waals surface area contributed by atoms with Crippen LogP contribution in [0, 0.1) is 6.92 Å². The molecule has 16 heavy (non-hydrogen) atoms. The van der Waals surface area contributed by atoms with Gasteiger partial charge in [-0.3, -0.25) is 9.78 Å². The number of carbonyl (C=O) groups excluding carboxylic acids is 1. The van der Waals surface area contributed by atoms with Gasteiger partial charge in [0.25, 0.3) is 0 Å². The normalized spacial score (nSPS) is 10.1. The number of hydrogen-bond donors (Lipinski definition) is 0. The summed E-state index contributed by atoms with van der Waals surface area (Å²) in [5.74, 6) is -0.105. The smallest absolute Gasteiger partial charge is 0.213 e. The summed E-state index contributed by atoms with van der Waals surface area (Å²) in [4.78, 5) is 20.0. The van der Waals surface area contributed by atoms with Gasteiger partial charge in [0.15, 0.2) is 0 Å². The molecule has 80 valence electrons. The Morgan fingerprint density at radius 1 is 1.31 bits per heavy atom. The van der Waals surface area contributed by atoms with Crippen molar-refractivity contribution in [3.8, 4) is 0 Å². The molecule has 2 rings (SSSR count). The molecule has 0 bridgehead atoms. The van der Waals surface area contributed by atoms with Gasteiger partial charge in [-0.15, -0.1) is 0 Å². The van der Waals surface area contributed by atoms with Crippen molar-refractivity contribution in [2.45, 2.75) is 6.92 Å². The molecule has 2 aromatic rings. The molecule has 4 heteroatoms. The number of hydrogen-bond acceptors (Lipinski definition) is 3.